The van der Waals surface area contributed by atoms with Crippen molar-refractivity contribution in [1.82, 2.24) is 0 Å². The Hall–Kier alpha value is -2.66. The zero-order chi connectivity index (χ0) is 40.6. The van der Waals surface area contributed by atoms with Crippen molar-refractivity contribution in [3.05, 3.63) is 60.8 Å². The van der Waals surface area contributed by atoms with E-state index in [1.54, 1.807) is 12.2 Å². The molecule has 1 fully saturated rings. The van der Waals surface area contributed by atoms with Crippen molar-refractivity contribution >= 4 is 25.5 Å². The molecule has 1 aliphatic carbocycles. The summed E-state index contributed by atoms with van der Waals surface area (Å²) in [5, 5.41) is 20.6. The van der Waals surface area contributed by atoms with Gasteiger partial charge in [-0.15, -0.1) is 0 Å². The molecule has 0 unspecified atom stereocenters. The number of carbonyl (C=O) groups is 3. The fourth-order valence-corrected chi connectivity index (χ4v) is 6.54. The summed E-state index contributed by atoms with van der Waals surface area (Å²) in [5.41, 5.74) is 0. The van der Waals surface area contributed by atoms with Crippen molar-refractivity contribution in [3.63, 3.8) is 0 Å². The van der Waals surface area contributed by atoms with E-state index in [-0.39, 0.29) is 43.5 Å². The maximum Gasteiger partial charge on any atom is 0.469 e. The van der Waals surface area contributed by atoms with E-state index in [1.807, 2.05) is 12.2 Å². The maximum absolute atomic E-state index is 12.5. The standard InChI is InChI=1S/C43H71O11P/c1-3-5-7-8-9-10-11-12-13-14-15-16-17-18-19-20-25-29-42(47)52-34-37(35-53-55(49,50)51)54-43(48)30-26-22-21-24-28-38-39(41(46)33-40(38)45)32-31-36(44)27-23-6-4-2/h9-10,12-13,15-16,21,24,31-32,36-39,41,44,46H,3-8,11,14,17-20,22-23,25-30,33-35H2,1-2H3,(H2,49,50,51)/b10-9-,13-12-,16-15-,24-21-,32-31+/t36-,37+,38+,39+,41+/m0/s1. The summed E-state index contributed by atoms with van der Waals surface area (Å²) in [7, 11) is -4.84. The van der Waals surface area contributed by atoms with Gasteiger partial charge in [0.25, 0.3) is 0 Å². The Morgan fingerprint density at radius 3 is 2.02 bits per heavy atom. The minimum absolute atomic E-state index is 0.00972. The van der Waals surface area contributed by atoms with Crippen molar-refractivity contribution in [1.29, 1.82) is 0 Å². The number of phosphoric acid groups is 1. The summed E-state index contributed by atoms with van der Waals surface area (Å²) in [5.74, 6) is -1.87. The van der Waals surface area contributed by atoms with Gasteiger partial charge in [-0.1, -0.05) is 120 Å². The number of ketones is 1. The first-order valence-corrected chi connectivity index (χ1v) is 22.2. The van der Waals surface area contributed by atoms with Gasteiger partial charge in [0.2, 0.25) is 0 Å². The minimum atomic E-state index is -4.84. The van der Waals surface area contributed by atoms with Crippen molar-refractivity contribution in [2.45, 2.75) is 167 Å². The summed E-state index contributed by atoms with van der Waals surface area (Å²) >= 11 is 0. The molecule has 0 amide bonds. The topological polar surface area (TPSA) is 177 Å². The molecule has 0 saturated heterocycles. The molecule has 0 aromatic heterocycles. The Morgan fingerprint density at radius 1 is 0.764 bits per heavy atom. The summed E-state index contributed by atoms with van der Waals surface area (Å²) in [6.07, 6.45) is 34.5. The second-order valence-corrected chi connectivity index (χ2v) is 15.6. The van der Waals surface area contributed by atoms with Crippen LogP contribution in [0.15, 0.2) is 60.8 Å². The molecule has 0 heterocycles. The van der Waals surface area contributed by atoms with E-state index < -0.39 is 44.7 Å². The molecule has 0 spiro atoms. The summed E-state index contributed by atoms with van der Waals surface area (Å²) in [4.78, 5) is 55.5. The molecule has 0 aliphatic heterocycles. The fourth-order valence-electron chi connectivity index (χ4n) is 6.18. The lowest BCUT2D eigenvalue weighted by Crippen LogP contribution is -2.29. The number of aliphatic hydroxyl groups is 2. The molecule has 5 atom stereocenters. The number of aliphatic hydroxyl groups excluding tert-OH is 2. The SMILES string of the molecule is CCCCC/C=C\C/C=C\C/C=C\CCCCCCC(=O)OC[C@H](COP(=O)(O)O)OC(=O)CCC/C=C\C[C@H]1C(=O)C[C@@H](O)[C@@H]1/C=C/[C@@H](O)CCCCC. The molecule has 0 aromatic rings. The highest BCUT2D eigenvalue weighted by Crippen LogP contribution is 2.36. The highest BCUT2D eigenvalue weighted by atomic mass is 31.2. The van der Waals surface area contributed by atoms with Gasteiger partial charge < -0.3 is 29.5 Å². The molecular formula is C43H71O11P. The van der Waals surface area contributed by atoms with E-state index in [2.05, 4.69) is 54.8 Å². The normalized spacial score (nSPS) is 19.2. The lowest BCUT2D eigenvalue weighted by atomic mass is 9.90. The van der Waals surface area contributed by atoms with E-state index in [9.17, 15) is 29.2 Å². The molecule has 4 N–H and O–H groups in total. The Bertz CT molecular complexity index is 1230. The zero-order valence-corrected chi connectivity index (χ0v) is 34.4. The molecule has 0 radical (unpaired) electrons. The molecule has 12 heteroatoms. The first-order valence-electron chi connectivity index (χ1n) is 20.7. The first kappa shape index (κ1) is 50.4. The van der Waals surface area contributed by atoms with Crippen molar-refractivity contribution in [2.75, 3.05) is 13.2 Å². The van der Waals surface area contributed by atoms with Crippen LogP contribution in [0.4, 0.5) is 0 Å². The van der Waals surface area contributed by atoms with Crippen molar-refractivity contribution < 1.29 is 52.9 Å². The van der Waals surface area contributed by atoms with Gasteiger partial charge in [0.1, 0.15) is 12.4 Å². The predicted molar refractivity (Wildman–Crippen MR) is 217 cm³/mol. The number of ether oxygens (including phenoxy) is 2. The molecule has 1 saturated carbocycles. The van der Waals surface area contributed by atoms with E-state index in [1.165, 1.54) is 19.3 Å². The van der Waals surface area contributed by atoms with Gasteiger partial charge in [-0.05, 0) is 70.6 Å². The quantitative estimate of drug-likeness (QED) is 0.0216. The van der Waals surface area contributed by atoms with Gasteiger partial charge in [0.15, 0.2) is 6.10 Å². The Kier molecular flexibility index (Phi) is 29.7. The third-order valence-corrected chi connectivity index (χ3v) is 9.86. The average molecular weight is 795 g/mol. The summed E-state index contributed by atoms with van der Waals surface area (Å²) in [6, 6.07) is 0. The molecule has 1 rings (SSSR count). The molecule has 1 aliphatic rings. The lowest BCUT2D eigenvalue weighted by Gasteiger charge is -2.18. The predicted octanol–water partition coefficient (Wildman–Crippen LogP) is 9.10. The molecule has 11 nitrogen and oxygen atoms in total. The number of Topliss-reactive ketones (excluding diaryl/α,β-unsaturated/α-hetero) is 1. The zero-order valence-electron chi connectivity index (χ0n) is 33.5. The second kappa shape index (κ2) is 32.4. The molecular weight excluding hydrogens is 723 g/mol. The number of hydrogen-bond acceptors (Lipinski definition) is 9. The van der Waals surface area contributed by atoms with E-state index in [4.69, 9.17) is 19.3 Å². The average Bonchev–Trinajstić information content (AvgIpc) is 3.41. The van der Waals surface area contributed by atoms with Crippen LogP contribution in [0.25, 0.3) is 0 Å². The van der Waals surface area contributed by atoms with Gasteiger partial charge in [-0.25, -0.2) is 4.57 Å². The number of unbranched alkanes of at least 4 members (excludes halogenated alkanes) is 10. The minimum Gasteiger partial charge on any atom is -0.462 e. The van der Waals surface area contributed by atoms with E-state index >= 15 is 0 Å². The number of hydrogen-bond donors (Lipinski definition) is 4. The van der Waals surface area contributed by atoms with Crippen LogP contribution in [-0.4, -0.2) is 69.2 Å². The van der Waals surface area contributed by atoms with Crippen LogP contribution in [-0.2, 0) is 32.9 Å². The van der Waals surface area contributed by atoms with Gasteiger partial charge in [-0.2, -0.15) is 0 Å². The molecule has 0 aromatic carbocycles. The van der Waals surface area contributed by atoms with Gasteiger partial charge in [-0.3, -0.25) is 18.9 Å². The van der Waals surface area contributed by atoms with Crippen LogP contribution in [0, 0.1) is 11.8 Å². The number of carbonyl (C=O) groups excluding carboxylic acids is 3. The van der Waals surface area contributed by atoms with Gasteiger partial charge >= 0.3 is 19.8 Å². The first-order chi connectivity index (χ1) is 26.5. The highest BCUT2D eigenvalue weighted by Gasteiger charge is 2.39. The van der Waals surface area contributed by atoms with Crippen LogP contribution in [0.3, 0.4) is 0 Å². The number of esters is 2. The van der Waals surface area contributed by atoms with E-state index in [0.717, 1.165) is 64.2 Å². The van der Waals surface area contributed by atoms with Crippen LogP contribution in [0.2, 0.25) is 0 Å². The van der Waals surface area contributed by atoms with Gasteiger partial charge in [0.05, 0.1) is 18.8 Å². The van der Waals surface area contributed by atoms with Crippen molar-refractivity contribution in [2.24, 2.45) is 11.8 Å². The monoisotopic (exact) mass is 794 g/mol. The van der Waals surface area contributed by atoms with Crippen LogP contribution < -0.4 is 0 Å². The van der Waals surface area contributed by atoms with Crippen LogP contribution >= 0.6 is 7.82 Å². The number of phosphoric ester groups is 1. The largest absolute Gasteiger partial charge is 0.469 e. The van der Waals surface area contributed by atoms with Crippen LogP contribution in [0.5, 0.6) is 0 Å². The second-order valence-electron chi connectivity index (χ2n) is 14.4. The van der Waals surface area contributed by atoms with Crippen LogP contribution in [0.1, 0.15) is 149 Å². The Morgan fingerprint density at radius 2 is 1.35 bits per heavy atom. The van der Waals surface area contributed by atoms with E-state index in [0.29, 0.717) is 32.1 Å². The lowest BCUT2D eigenvalue weighted by molar-refractivity contribution is -0.161. The third-order valence-electron chi connectivity index (χ3n) is 9.38. The molecule has 0 bridgehead atoms. The molecule has 314 valence electrons. The number of allylic oxidation sites excluding steroid dienone is 8. The summed E-state index contributed by atoms with van der Waals surface area (Å²) < 4.78 is 26.3. The number of rotatable bonds is 33. The third kappa shape index (κ3) is 28.4. The summed E-state index contributed by atoms with van der Waals surface area (Å²) in [6.45, 7) is 3.29. The Labute approximate surface area is 330 Å². The maximum atomic E-state index is 12.5. The van der Waals surface area contributed by atoms with Crippen molar-refractivity contribution in [3.8, 4) is 0 Å². The highest BCUT2D eigenvalue weighted by molar-refractivity contribution is 7.46. The Balaban J connectivity index is 2.33. The smallest absolute Gasteiger partial charge is 0.462 e. The van der Waals surface area contributed by atoms with Gasteiger partial charge in [0, 0.05) is 31.1 Å². The fraction of sp³-hybridized carbons (Fsp3) is 0.698. The molecule has 55 heavy (non-hydrogen) atoms.